The summed E-state index contributed by atoms with van der Waals surface area (Å²) >= 11 is 0. The maximum Gasteiger partial charge on any atom is 0.255 e. The lowest BCUT2D eigenvalue weighted by Crippen LogP contribution is -2.36. The van der Waals surface area contributed by atoms with Crippen molar-refractivity contribution in [2.45, 2.75) is 30.5 Å². The van der Waals surface area contributed by atoms with Crippen LogP contribution < -0.4 is 10.2 Å². The van der Waals surface area contributed by atoms with Gasteiger partial charge in [0, 0.05) is 37.1 Å². The van der Waals surface area contributed by atoms with Gasteiger partial charge in [0.2, 0.25) is 0 Å². The van der Waals surface area contributed by atoms with Crippen LogP contribution in [0.4, 0.5) is 5.69 Å². The van der Waals surface area contributed by atoms with Crippen molar-refractivity contribution in [3.8, 4) is 11.3 Å². The highest BCUT2D eigenvalue weighted by Crippen LogP contribution is 2.24. The van der Waals surface area contributed by atoms with E-state index >= 15 is 0 Å². The minimum absolute atomic E-state index is 0.256. The molecule has 0 radical (unpaired) electrons. The number of amides is 1. The molecule has 4 aromatic rings. The summed E-state index contributed by atoms with van der Waals surface area (Å²) in [5, 5.41) is 2.46. The topological polar surface area (TPSA) is 117 Å². The van der Waals surface area contributed by atoms with Gasteiger partial charge in [0.15, 0.2) is 15.5 Å². The fourth-order valence-electron chi connectivity index (χ4n) is 4.21. The molecule has 3 heterocycles. The monoisotopic (exact) mass is 519 g/mol. The summed E-state index contributed by atoms with van der Waals surface area (Å²) in [6.45, 7) is 6.91. The van der Waals surface area contributed by atoms with Crippen LogP contribution in [0.25, 0.3) is 22.4 Å². The minimum atomic E-state index is -3.36. The molecule has 0 unspecified atom stereocenters. The Hall–Kier alpha value is -3.76. The van der Waals surface area contributed by atoms with E-state index in [9.17, 15) is 13.2 Å². The molecule has 10 heteroatoms. The molecular weight excluding hydrogens is 490 g/mol. The van der Waals surface area contributed by atoms with Crippen molar-refractivity contribution in [3.63, 3.8) is 0 Å². The third kappa shape index (κ3) is 5.21. The summed E-state index contributed by atoms with van der Waals surface area (Å²) < 4.78 is 30.2. The number of H-pyrrole nitrogens is 1. The summed E-state index contributed by atoms with van der Waals surface area (Å²) in [5.41, 5.74) is 4.76. The molecule has 2 N–H and O–H groups in total. The summed E-state index contributed by atoms with van der Waals surface area (Å²) in [6.07, 6.45) is 3.20. The average molecular weight is 520 g/mol. The molecule has 1 amide bonds. The van der Waals surface area contributed by atoms with Gasteiger partial charge in [0.25, 0.3) is 5.91 Å². The number of sulfone groups is 1. The number of nitrogens with one attached hydrogen (secondary N) is 2. The van der Waals surface area contributed by atoms with E-state index < -0.39 is 15.1 Å². The molecule has 2 aromatic heterocycles. The summed E-state index contributed by atoms with van der Waals surface area (Å²) in [6, 6.07) is 14.7. The molecule has 37 heavy (non-hydrogen) atoms. The number of hydrogen-bond donors (Lipinski definition) is 2. The third-order valence-electron chi connectivity index (χ3n) is 6.49. The second kappa shape index (κ2) is 10.3. The van der Waals surface area contributed by atoms with Crippen LogP contribution >= 0.6 is 0 Å². The number of aromatic nitrogens is 3. The van der Waals surface area contributed by atoms with E-state index in [4.69, 9.17) is 4.74 Å². The number of morpholine rings is 1. The van der Waals surface area contributed by atoms with E-state index in [0.29, 0.717) is 34.5 Å². The Morgan fingerprint density at radius 3 is 2.46 bits per heavy atom. The lowest BCUT2D eigenvalue weighted by molar-refractivity contribution is 0.0952. The molecule has 0 atom stereocenters. The summed E-state index contributed by atoms with van der Waals surface area (Å²) in [7, 11) is -3.36. The van der Waals surface area contributed by atoms with Gasteiger partial charge in [-0.25, -0.2) is 18.4 Å². The quantitative estimate of drug-likeness (QED) is 0.383. The molecule has 1 aliphatic rings. The van der Waals surface area contributed by atoms with Gasteiger partial charge in [-0.2, -0.15) is 0 Å². The van der Waals surface area contributed by atoms with Crippen LogP contribution in [-0.4, -0.2) is 60.8 Å². The van der Waals surface area contributed by atoms with Crippen LogP contribution in [0.1, 0.15) is 29.8 Å². The molecule has 2 aromatic carbocycles. The van der Waals surface area contributed by atoms with Gasteiger partial charge in [-0.15, -0.1) is 0 Å². The molecule has 1 fully saturated rings. The van der Waals surface area contributed by atoms with E-state index in [2.05, 4.69) is 37.3 Å². The van der Waals surface area contributed by atoms with Gasteiger partial charge >= 0.3 is 0 Å². The van der Waals surface area contributed by atoms with E-state index in [-0.39, 0.29) is 10.8 Å². The Kier molecular flexibility index (Phi) is 6.94. The van der Waals surface area contributed by atoms with Crippen LogP contribution in [0.5, 0.6) is 0 Å². The van der Waals surface area contributed by atoms with Crippen molar-refractivity contribution in [1.82, 2.24) is 20.3 Å². The second-order valence-corrected chi connectivity index (χ2v) is 11.7. The number of carbonyl (C=O) groups excluding carboxylic acids is 1. The number of ether oxygens (including phenoxy) is 1. The van der Waals surface area contributed by atoms with Gasteiger partial charge in [-0.05, 0) is 43.7 Å². The molecule has 192 valence electrons. The SMILES string of the molecule is CC(C)S(=O)(=O)c1ccc(-c2cnc3[nH]cc(C(=O)NCc4ccc(N5CCOCC5)cc4)c3n2)cc1. The molecule has 0 spiro atoms. The highest BCUT2D eigenvalue weighted by molar-refractivity contribution is 7.92. The second-order valence-electron chi connectivity index (χ2n) is 9.22. The fraction of sp³-hybridized carbons (Fsp3) is 0.296. The maximum absolute atomic E-state index is 13.0. The van der Waals surface area contributed by atoms with Crippen LogP contribution in [0.3, 0.4) is 0 Å². The van der Waals surface area contributed by atoms with E-state index in [0.717, 1.165) is 37.6 Å². The van der Waals surface area contributed by atoms with E-state index in [1.807, 2.05) is 12.1 Å². The highest BCUT2D eigenvalue weighted by Gasteiger charge is 2.20. The predicted molar refractivity (Wildman–Crippen MR) is 142 cm³/mol. The Morgan fingerprint density at radius 1 is 1.08 bits per heavy atom. The summed E-state index contributed by atoms with van der Waals surface area (Å²) in [5.74, 6) is -0.256. The molecule has 9 nitrogen and oxygen atoms in total. The lowest BCUT2D eigenvalue weighted by atomic mass is 10.1. The fourth-order valence-corrected chi connectivity index (χ4v) is 5.27. The Labute approximate surface area is 215 Å². The first kappa shape index (κ1) is 24.9. The Bertz CT molecular complexity index is 1510. The average Bonchev–Trinajstić information content (AvgIpc) is 3.36. The number of anilines is 1. The standard InChI is InChI=1S/C27H29N5O4S/c1-18(2)37(34,35)22-9-5-20(6-10-22)24-17-29-26-25(31-24)23(16-28-26)27(33)30-15-19-3-7-21(8-4-19)32-11-13-36-14-12-32/h3-10,16-18H,11-15H2,1-2H3,(H,28,29)(H,30,33). The first-order valence-electron chi connectivity index (χ1n) is 12.2. The van der Waals surface area contributed by atoms with E-state index in [1.54, 1.807) is 50.5 Å². The van der Waals surface area contributed by atoms with Crippen molar-refractivity contribution in [3.05, 3.63) is 72.1 Å². The third-order valence-corrected chi connectivity index (χ3v) is 8.66. The zero-order valence-corrected chi connectivity index (χ0v) is 21.6. The first-order valence-corrected chi connectivity index (χ1v) is 13.8. The number of hydrogen-bond acceptors (Lipinski definition) is 7. The normalized spacial score (nSPS) is 14.3. The van der Waals surface area contributed by atoms with E-state index in [1.165, 1.54) is 0 Å². The molecule has 1 aliphatic heterocycles. The molecule has 0 bridgehead atoms. The van der Waals surface area contributed by atoms with Gasteiger partial charge in [-0.1, -0.05) is 24.3 Å². The van der Waals surface area contributed by atoms with Crippen molar-refractivity contribution >= 4 is 32.6 Å². The molecule has 5 rings (SSSR count). The zero-order chi connectivity index (χ0) is 26.0. The lowest BCUT2D eigenvalue weighted by Gasteiger charge is -2.28. The smallest absolute Gasteiger partial charge is 0.255 e. The van der Waals surface area contributed by atoms with Crippen molar-refractivity contribution in [2.75, 3.05) is 31.2 Å². The maximum atomic E-state index is 13.0. The number of carbonyl (C=O) groups is 1. The number of fused-ring (bicyclic) bond motifs is 1. The Balaban J connectivity index is 1.30. The zero-order valence-electron chi connectivity index (χ0n) is 20.8. The van der Waals surface area contributed by atoms with Crippen LogP contribution in [-0.2, 0) is 21.1 Å². The van der Waals surface area contributed by atoms with Crippen LogP contribution in [0.15, 0.2) is 65.8 Å². The highest BCUT2D eigenvalue weighted by atomic mass is 32.2. The van der Waals surface area contributed by atoms with Crippen molar-refractivity contribution in [1.29, 1.82) is 0 Å². The van der Waals surface area contributed by atoms with Crippen LogP contribution in [0.2, 0.25) is 0 Å². The number of nitrogens with zero attached hydrogens (tertiary/aromatic N) is 3. The Morgan fingerprint density at radius 2 is 1.78 bits per heavy atom. The number of aromatic amines is 1. The van der Waals surface area contributed by atoms with Gasteiger partial charge in [-0.3, -0.25) is 4.79 Å². The molecule has 0 aliphatic carbocycles. The predicted octanol–water partition coefficient (Wildman–Crippen LogP) is 3.57. The number of rotatable bonds is 7. The molecular formula is C27H29N5O4S. The largest absolute Gasteiger partial charge is 0.378 e. The van der Waals surface area contributed by atoms with Crippen molar-refractivity contribution < 1.29 is 17.9 Å². The summed E-state index contributed by atoms with van der Waals surface area (Å²) in [4.78, 5) is 27.6. The van der Waals surface area contributed by atoms with Crippen LogP contribution in [0, 0.1) is 0 Å². The first-order chi connectivity index (χ1) is 17.8. The van der Waals surface area contributed by atoms with Crippen molar-refractivity contribution in [2.24, 2.45) is 0 Å². The van der Waals surface area contributed by atoms with Gasteiger partial charge in [0.05, 0.1) is 40.8 Å². The number of benzene rings is 2. The van der Waals surface area contributed by atoms with Gasteiger partial charge < -0.3 is 19.9 Å². The molecule has 1 saturated heterocycles. The molecule has 0 saturated carbocycles. The minimum Gasteiger partial charge on any atom is -0.378 e. The van der Waals surface area contributed by atoms with Gasteiger partial charge in [0.1, 0.15) is 5.52 Å².